The van der Waals surface area contributed by atoms with E-state index < -0.39 is 24.0 Å². The van der Waals surface area contributed by atoms with Gasteiger partial charge >= 0.3 is 5.97 Å². The number of aliphatic carboxylic acids is 1. The number of carbonyl (C=O) groups is 3. The molecule has 0 radical (unpaired) electrons. The maximum atomic E-state index is 11.9. The summed E-state index contributed by atoms with van der Waals surface area (Å²) in [5, 5.41) is 8.52. The van der Waals surface area contributed by atoms with Gasteiger partial charge in [0, 0.05) is 15.4 Å². The van der Waals surface area contributed by atoms with Crippen LogP contribution in [0.3, 0.4) is 0 Å². The molecule has 0 atom stereocenters. The van der Waals surface area contributed by atoms with Crippen molar-refractivity contribution in [2.75, 3.05) is 0 Å². The van der Waals surface area contributed by atoms with Crippen molar-refractivity contribution in [3.8, 4) is 0 Å². The molecule has 21 heavy (non-hydrogen) atoms. The van der Waals surface area contributed by atoms with Crippen LogP contribution in [-0.4, -0.2) is 22.6 Å². The summed E-state index contributed by atoms with van der Waals surface area (Å²) in [6, 6.07) is 16.5. The second kappa shape index (κ2) is 6.85. The van der Waals surface area contributed by atoms with Gasteiger partial charge in [0.1, 0.15) is 0 Å². The molecule has 5 heteroatoms. The van der Waals surface area contributed by atoms with E-state index in [0.717, 1.165) is 9.79 Å². The molecular weight excluding hydrogens is 288 g/mol. The minimum absolute atomic E-state index is 0.338. The predicted octanol–water partition coefficient (Wildman–Crippen LogP) is 3.06. The Balaban J connectivity index is 2.12. The van der Waals surface area contributed by atoms with Crippen LogP contribution in [0.15, 0.2) is 64.4 Å². The largest absolute Gasteiger partial charge is 0.475 e. The van der Waals surface area contributed by atoms with Gasteiger partial charge in [0.05, 0.1) is 6.42 Å². The highest BCUT2D eigenvalue weighted by atomic mass is 32.2. The Labute approximate surface area is 125 Å². The summed E-state index contributed by atoms with van der Waals surface area (Å²) in [7, 11) is 0. The molecule has 0 aliphatic rings. The molecule has 0 unspecified atom stereocenters. The number of ketones is 2. The Morgan fingerprint density at radius 2 is 1.57 bits per heavy atom. The van der Waals surface area contributed by atoms with Crippen molar-refractivity contribution in [2.24, 2.45) is 0 Å². The Kier molecular flexibility index (Phi) is 4.90. The number of carbonyl (C=O) groups excluding carboxylic acids is 2. The average Bonchev–Trinajstić information content (AvgIpc) is 2.48. The molecule has 0 saturated heterocycles. The molecule has 0 aromatic heterocycles. The van der Waals surface area contributed by atoms with Gasteiger partial charge in [0.25, 0.3) is 0 Å². The fourth-order valence-corrected chi connectivity index (χ4v) is 2.58. The van der Waals surface area contributed by atoms with Crippen LogP contribution in [0.2, 0.25) is 0 Å². The standard InChI is InChI=1S/C16H12O4S/c17-14(10-15(18)16(19)20)11-5-4-8-13(9-11)21-12-6-2-1-3-7-12/h1-9H,10H2,(H,19,20). The van der Waals surface area contributed by atoms with Crippen LogP contribution in [0.1, 0.15) is 16.8 Å². The molecule has 0 bridgehead atoms. The first-order valence-electron chi connectivity index (χ1n) is 6.18. The molecule has 0 amide bonds. The normalized spacial score (nSPS) is 10.1. The first-order valence-corrected chi connectivity index (χ1v) is 7.00. The molecule has 0 aliphatic carbocycles. The monoisotopic (exact) mass is 300 g/mol. The summed E-state index contributed by atoms with van der Waals surface area (Å²) in [6.45, 7) is 0. The molecule has 106 valence electrons. The lowest BCUT2D eigenvalue weighted by atomic mass is 10.1. The van der Waals surface area contributed by atoms with Crippen molar-refractivity contribution >= 4 is 29.3 Å². The Hall–Kier alpha value is -2.40. The van der Waals surface area contributed by atoms with E-state index in [2.05, 4.69) is 0 Å². The number of hydrogen-bond acceptors (Lipinski definition) is 4. The first-order chi connectivity index (χ1) is 10.1. The van der Waals surface area contributed by atoms with Crippen molar-refractivity contribution in [3.63, 3.8) is 0 Å². The van der Waals surface area contributed by atoms with Crippen LogP contribution >= 0.6 is 11.8 Å². The quantitative estimate of drug-likeness (QED) is 0.504. The van der Waals surface area contributed by atoms with E-state index in [-0.39, 0.29) is 0 Å². The van der Waals surface area contributed by atoms with E-state index in [4.69, 9.17) is 5.11 Å². The van der Waals surface area contributed by atoms with Gasteiger partial charge in [-0.1, -0.05) is 42.1 Å². The number of Topliss-reactive ketones (excluding diaryl/α,β-unsaturated/α-hetero) is 2. The fourth-order valence-electron chi connectivity index (χ4n) is 1.68. The maximum absolute atomic E-state index is 11.9. The van der Waals surface area contributed by atoms with Crippen molar-refractivity contribution in [1.29, 1.82) is 0 Å². The van der Waals surface area contributed by atoms with Crippen molar-refractivity contribution in [3.05, 3.63) is 60.2 Å². The van der Waals surface area contributed by atoms with Gasteiger partial charge in [-0.05, 0) is 24.3 Å². The van der Waals surface area contributed by atoms with Gasteiger partial charge in [-0.15, -0.1) is 0 Å². The Morgan fingerprint density at radius 1 is 0.905 bits per heavy atom. The zero-order chi connectivity index (χ0) is 15.2. The highest BCUT2D eigenvalue weighted by Crippen LogP contribution is 2.28. The van der Waals surface area contributed by atoms with Crippen molar-refractivity contribution in [2.45, 2.75) is 16.2 Å². The number of benzene rings is 2. The molecule has 0 fully saturated rings. The van der Waals surface area contributed by atoms with Gasteiger partial charge in [-0.3, -0.25) is 9.59 Å². The van der Waals surface area contributed by atoms with E-state index in [9.17, 15) is 14.4 Å². The summed E-state index contributed by atoms with van der Waals surface area (Å²) >= 11 is 1.49. The van der Waals surface area contributed by atoms with Crippen LogP contribution in [0.25, 0.3) is 0 Å². The third-order valence-corrected chi connectivity index (χ3v) is 3.69. The SMILES string of the molecule is O=C(O)C(=O)CC(=O)c1cccc(Sc2ccccc2)c1. The van der Waals surface area contributed by atoms with Crippen LogP contribution in [0, 0.1) is 0 Å². The van der Waals surface area contributed by atoms with Crippen molar-refractivity contribution in [1.82, 2.24) is 0 Å². The first kappa shape index (κ1) is 15.0. The minimum Gasteiger partial charge on any atom is -0.475 e. The van der Waals surface area contributed by atoms with Gasteiger partial charge in [-0.25, -0.2) is 4.79 Å². The number of carboxylic acid groups (broad SMARTS) is 1. The van der Waals surface area contributed by atoms with Gasteiger partial charge < -0.3 is 5.11 Å². The molecule has 0 spiro atoms. The summed E-state index contributed by atoms with van der Waals surface area (Å²) in [6.07, 6.45) is -0.616. The van der Waals surface area contributed by atoms with E-state index >= 15 is 0 Å². The summed E-state index contributed by atoms with van der Waals surface area (Å²) in [5.74, 6) is -3.17. The molecular formula is C16H12O4S. The zero-order valence-electron chi connectivity index (χ0n) is 11.0. The summed E-state index contributed by atoms with van der Waals surface area (Å²) in [5.41, 5.74) is 0.338. The topological polar surface area (TPSA) is 71.4 Å². The highest BCUT2D eigenvalue weighted by molar-refractivity contribution is 7.99. The number of hydrogen-bond donors (Lipinski definition) is 1. The molecule has 0 saturated carbocycles. The molecule has 0 aliphatic heterocycles. The van der Waals surface area contributed by atoms with Gasteiger partial charge in [0.15, 0.2) is 5.78 Å². The highest BCUT2D eigenvalue weighted by Gasteiger charge is 2.17. The predicted molar refractivity (Wildman–Crippen MR) is 78.6 cm³/mol. The zero-order valence-corrected chi connectivity index (χ0v) is 11.8. The van der Waals surface area contributed by atoms with Crippen LogP contribution in [0.4, 0.5) is 0 Å². The average molecular weight is 300 g/mol. The second-order valence-electron chi connectivity index (χ2n) is 4.27. The van der Waals surface area contributed by atoms with Crippen LogP contribution < -0.4 is 0 Å². The van der Waals surface area contributed by atoms with E-state index in [1.807, 2.05) is 36.4 Å². The smallest absolute Gasteiger partial charge is 0.372 e. The molecule has 4 nitrogen and oxygen atoms in total. The van der Waals surface area contributed by atoms with Crippen LogP contribution in [-0.2, 0) is 9.59 Å². The third-order valence-electron chi connectivity index (χ3n) is 2.69. The Bertz CT molecular complexity index is 680. The lowest BCUT2D eigenvalue weighted by Crippen LogP contribution is -2.17. The van der Waals surface area contributed by atoms with Crippen molar-refractivity contribution < 1.29 is 19.5 Å². The molecule has 1 N–H and O–H groups in total. The lowest BCUT2D eigenvalue weighted by molar-refractivity contribution is -0.148. The minimum atomic E-state index is -1.59. The molecule has 2 aromatic carbocycles. The second-order valence-corrected chi connectivity index (χ2v) is 5.42. The third kappa shape index (κ3) is 4.29. The molecule has 2 rings (SSSR count). The van der Waals surface area contributed by atoms with Gasteiger partial charge in [-0.2, -0.15) is 0 Å². The van der Waals surface area contributed by atoms with Gasteiger partial charge in [0.2, 0.25) is 5.78 Å². The van der Waals surface area contributed by atoms with E-state index in [0.29, 0.717) is 5.56 Å². The number of carboxylic acids is 1. The van der Waals surface area contributed by atoms with Crippen LogP contribution in [0.5, 0.6) is 0 Å². The van der Waals surface area contributed by atoms with E-state index in [1.165, 1.54) is 11.8 Å². The summed E-state index contributed by atoms with van der Waals surface area (Å²) in [4.78, 5) is 35.3. The summed E-state index contributed by atoms with van der Waals surface area (Å²) < 4.78 is 0. The van der Waals surface area contributed by atoms with E-state index in [1.54, 1.807) is 18.2 Å². The molecule has 2 aromatic rings. The number of rotatable bonds is 6. The lowest BCUT2D eigenvalue weighted by Gasteiger charge is -2.04. The molecule has 0 heterocycles. The maximum Gasteiger partial charge on any atom is 0.372 e. The Morgan fingerprint density at radius 3 is 2.24 bits per heavy atom. The fraction of sp³-hybridized carbons (Fsp3) is 0.0625.